The number of hydrogen-bond acceptors (Lipinski definition) is 4. The molecule has 0 amide bonds. The molecule has 1 aliphatic heterocycles. The second-order valence-electron chi connectivity index (χ2n) is 5.92. The van der Waals surface area contributed by atoms with Gasteiger partial charge in [-0.2, -0.15) is 0 Å². The number of likely N-dealkylation sites (N-methyl/N-ethyl adjacent to an activating group) is 1. The first-order chi connectivity index (χ1) is 9.56. The summed E-state index contributed by atoms with van der Waals surface area (Å²) in [6.07, 6.45) is 0. The van der Waals surface area contributed by atoms with E-state index in [1.54, 1.807) is 0 Å². The molecule has 1 aliphatic rings. The van der Waals surface area contributed by atoms with E-state index < -0.39 is 0 Å². The highest BCUT2D eigenvalue weighted by molar-refractivity contribution is 8.14. The summed E-state index contributed by atoms with van der Waals surface area (Å²) in [4.78, 5) is 6.90. The summed E-state index contributed by atoms with van der Waals surface area (Å²) >= 11 is 1.86. The molecular weight excluding hydrogens is 266 g/mol. The van der Waals surface area contributed by atoms with Crippen LogP contribution >= 0.6 is 11.8 Å². The molecule has 1 N–H and O–H groups in total. The lowest BCUT2D eigenvalue weighted by atomic mass is 10.0. The van der Waals surface area contributed by atoms with Gasteiger partial charge in [0.1, 0.15) is 0 Å². The first-order valence-electron chi connectivity index (χ1n) is 7.23. The third-order valence-electron chi connectivity index (χ3n) is 3.50. The maximum absolute atomic E-state index is 4.67. The standard InChI is InChI=1S/C16H25N3S/c1-12(2)14(11-19(3)4)18-16-17-10-15(20-16)13-8-6-5-7-9-13/h5-9,12,14-15H,10-11H2,1-4H3,(H,17,18). The van der Waals surface area contributed by atoms with Gasteiger partial charge >= 0.3 is 0 Å². The molecule has 0 saturated carbocycles. The zero-order chi connectivity index (χ0) is 14.5. The first-order valence-corrected chi connectivity index (χ1v) is 8.11. The first kappa shape index (κ1) is 15.4. The largest absolute Gasteiger partial charge is 0.361 e. The topological polar surface area (TPSA) is 27.6 Å². The highest BCUT2D eigenvalue weighted by atomic mass is 32.2. The van der Waals surface area contributed by atoms with Crippen molar-refractivity contribution in [1.82, 2.24) is 10.2 Å². The van der Waals surface area contributed by atoms with Crippen molar-refractivity contribution >= 4 is 16.9 Å². The zero-order valence-electron chi connectivity index (χ0n) is 12.8. The van der Waals surface area contributed by atoms with Gasteiger partial charge in [0.25, 0.3) is 0 Å². The number of amidine groups is 1. The third kappa shape index (κ3) is 4.25. The van der Waals surface area contributed by atoms with Gasteiger partial charge in [0.15, 0.2) is 5.17 Å². The van der Waals surface area contributed by atoms with Gasteiger partial charge in [-0.15, -0.1) is 0 Å². The van der Waals surface area contributed by atoms with Crippen LogP contribution in [0.4, 0.5) is 0 Å². The van der Waals surface area contributed by atoms with Gasteiger partial charge in [0.2, 0.25) is 0 Å². The summed E-state index contributed by atoms with van der Waals surface area (Å²) in [5.41, 5.74) is 1.37. The van der Waals surface area contributed by atoms with Crippen molar-refractivity contribution in [3.63, 3.8) is 0 Å². The van der Waals surface area contributed by atoms with Gasteiger partial charge in [0, 0.05) is 12.6 Å². The van der Waals surface area contributed by atoms with E-state index >= 15 is 0 Å². The van der Waals surface area contributed by atoms with Crippen molar-refractivity contribution in [3.05, 3.63) is 35.9 Å². The Morgan fingerprint density at radius 1 is 1.30 bits per heavy atom. The molecule has 20 heavy (non-hydrogen) atoms. The molecular formula is C16H25N3S. The molecule has 2 rings (SSSR count). The summed E-state index contributed by atoms with van der Waals surface area (Å²) in [5, 5.41) is 5.18. The van der Waals surface area contributed by atoms with E-state index in [0.29, 0.717) is 17.2 Å². The Kier molecular flexibility index (Phi) is 5.49. The molecule has 4 heteroatoms. The third-order valence-corrected chi connectivity index (χ3v) is 4.68. The van der Waals surface area contributed by atoms with Crippen molar-refractivity contribution in [2.45, 2.75) is 25.1 Å². The highest BCUT2D eigenvalue weighted by Gasteiger charge is 2.24. The van der Waals surface area contributed by atoms with Crippen molar-refractivity contribution in [2.75, 3.05) is 27.2 Å². The SMILES string of the molecule is CC(C)C(CN(C)C)NC1=NCC(c2ccccc2)S1. The number of thioether (sulfide) groups is 1. The van der Waals surface area contributed by atoms with Crippen LogP contribution in [0.3, 0.4) is 0 Å². The van der Waals surface area contributed by atoms with Gasteiger partial charge in [-0.3, -0.25) is 4.99 Å². The fraction of sp³-hybridized carbons (Fsp3) is 0.562. The van der Waals surface area contributed by atoms with E-state index in [1.807, 2.05) is 11.8 Å². The Hall–Kier alpha value is -1.00. The molecule has 1 aromatic rings. The lowest BCUT2D eigenvalue weighted by Crippen LogP contribution is -2.43. The second-order valence-corrected chi connectivity index (χ2v) is 7.11. The van der Waals surface area contributed by atoms with Gasteiger partial charge in [0.05, 0.1) is 11.8 Å². The van der Waals surface area contributed by atoms with Crippen molar-refractivity contribution in [3.8, 4) is 0 Å². The molecule has 0 aliphatic carbocycles. The van der Waals surface area contributed by atoms with Crippen LogP contribution in [-0.2, 0) is 0 Å². The average molecular weight is 291 g/mol. The molecule has 3 nitrogen and oxygen atoms in total. The Balaban J connectivity index is 1.92. The maximum atomic E-state index is 4.67. The zero-order valence-corrected chi connectivity index (χ0v) is 13.7. The van der Waals surface area contributed by atoms with Crippen LogP contribution in [0.25, 0.3) is 0 Å². The molecule has 1 aromatic carbocycles. The monoisotopic (exact) mass is 291 g/mol. The summed E-state index contributed by atoms with van der Waals surface area (Å²) < 4.78 is 0. The number of hydrogen-bond donors (Lipinski definition) is 1. The molecule has 0 radical (unpaired) electrons. The predicted octanol–water partition coefficient (Wildman–Crippen LogP) is 3.01. The number of nitrogens with one attached hydrogen (secondary N) is 1. The summed E-state index contributed by atoms with van der Waals surface area (Å²) in [7, 11) is 4.24. The Morgan fingerprint density at radius 3 is 2.60 bits per heavy atom. The molecule has 2 atom stereocenters. The van der Waals surface area contributed by atoms with Crippen molar-refractivity contribution in [2.24, 2.45) is 10.9 Å². The Labute approximate surface area is 126 Å². The van der Waals surface area contributed by atoms with Crippen LogP contribution in [0.15, 0.2) is 35.3 Å². The van der Waals surface area contributed by atoms with E-state index in [0.717, 1.165) is 18.3 Å². The second kappa shape index (κ2) is 7.14. The fourth-order valence-corrected chi connectivity index (χ4v) is 3.35. The van der Waals surface area contributed by atoms with Crippen LogP contribution in [0.1, 0.15) is 24.7 Å². The van der Waals surface area contributed by atoms with Gasteiger partial charge in [-0.05, 0) is 25.6 Å². The fourth-order valence-electron chi connectivity index (χ4n) is 2.27. The number of aliphatic imine (C=N–C) groups is 1. The average Bonchev–Trinajstić information content (AvgIpc) is 2.87. The number of benzene rings is 1. The molecule has 110 valence electrons. The van der Waals surface area contributed by atoms with E-state index in [2.05, 4.69) is 73.5 Å². The Bertz CT molecular complexity index is 442. The molecule has 0 saturated heterocycles. The minimum atomic E-state index is 0.450. The summed E-state index contributed by atoms with van der Waals surface area (Å²) in [5.74, 6) is 0.594. The lowest BCUT2D eigenvalue weighted by molar-refractivity contribution is 0.314. The molecule has 0 aromatic heterocycles. The minimum Gasteiger partial charge on any atom is -0.361 e. The van der Waals surface area contributed by atoms with Crippen molar-refractivity contribution in [1.29, 1.82) is 0 Å². The summed E-state index contributed by atoms with van der Waals surface area (Å²) in [6.45, 7) is 6.43. The molecule has 0 fully saturated rings. The molecule has 1 heterocycles. The van der Waals surface area contributed by atoms with E-state index in [4.69, 9.17) is 0 Å². The van der Waals surface area contributed by atoms with Crippen LogP contribution in [0.2, 0.25) is 0 Å². The van der Waals surface area contributed by atoms with E-state index in [1.165, 1.54) is 5.56 Å². The number of rotatable bonds is 5. The number of nitrogens with zero attached hydrogens (tertiary/aromatic N) is 2. The van der Waals surface area contributed by atoms with Crippen molar-refractivity contribution < 1.29 is 0 Å². The predicted molar refractivity (Wildman–Crippen MR) is 89.4 cm³/mol. The van der Waals surface area contributed by atoms with Gasteiger partial charge in [-0.25, -0.2) is 0 Å². The van der Waals surface area contributed by atoms with Crippen LogP contribution in [0.5, 0.6) is 0 Å². The molecule has 2 unspecified atom stereocenters. The van der Waals surface area contributed by atoms with Crippen LogP contribution in [0, 0.1) is 5.92 Å². The molecule has 0 spiro atoms. The van der Waals surface area contributed by atoms with Gasteiger partial charge < -0.3 is 10.2 Å². The Morgan fingerprint density at radius 2 is 2.00 bits per heavy atom. The highest BCUT2D eigenvalue weighted by Crippen LogP contribution is 2.34. The van der Waals surface area contributed by atoms with Crippen LogP contribution in [-0.4, -0.2) is 43.3 Å². The van der Waals surface area contributed by atoms with E-state index in [-0.39, 0.29) is 0 Å². The minimum absolute atomic E-state index is 0.450. The van der Waals surface area contributed by atoms with E-state index in [9.17, 15) is 0 Å². The van der Waals surface area contributed by atoms with Gasteiger partial charge in [-0.1, -0.05) is 55.9 Å². The van der Waals surface area contributed by atoms with Crippen LogP contribution < -0.4 is 5.32 Å². The quantitative estimate of drug-likeness (QED) is 0.904. The lowest BCUT2D eigenvalue weighted by Gasteiger charge is -2.26. The summed E-state index contributed by atoms with van der Waals surface area (Å²) in [6, 6.07) is 11.1. The smallest absolute Gasteiger partial charge is 0.157 e. The maximum Gasteiger partial charge on any atom is 0.157 e. The molecule has 0 bridgehead atoms. The normalized spacial score (nSPS) is 20.3.